The van der Waals surface area contributed by atoms with Gasteiger partial charge in [0.1, 0.15) is 0 Å². The van der Waals surface area contributed by atoms with Gasteiger partial charge in [-0.2, -0.15) is 0 Å². The first-order valence-electron chi connectivity index (χ1n) is 6.09. The number of pyridine rings is 1. The Morgan fingerprint density at radius 2 is 2.24 bits per heavy atom. The van der Waals surface area contributed by atoms with Crippen LogP contribution in [0.3, 0.4) is 0 Å². The first-order valence-corrected chi connectivity index (χ1v) is 6.09. The molecule has 1 saturated heterocycles. The lowest BCUT2D eigenvalue weighted by molar-refractivity contribution is 0.0481. The number of methoxy groups -OCH3 is 1. The van der Waals surface area contributed by atoms with Gasteiger partial charge in [0, 0.05) is 19.3 Å². The van der Waals surface area contributed by atoms with Crippen molar-refractivity contribution in [3.05, 3.63) is 18.3 Å². The van der Waals surface area contributed by atoms with Crippen molar-refractivity contribution < 1.29 is 9.84 Å². The molecule has 1 unspecified atom stereocenters. The van der Waals surface area contributed by atoms with Gasteiger partial charge in [-0.3, -0.25) is 0 Å². The maximum absolute atomic E-state index is 10.1. The molecule has 4 heteroatoms. The molecule has 1 fully saturated rings. The second kappa shape index (κ2) is 4.92. The third kappa shape index (κ3) is 2.88. The third-order valence-corrected chi connectivity index (χ3v) is 3.33. The van der Waals surface area contributed by atoms with Crippen LogP contribution in [0, 0.1) is 0 Å². The number of aromatic nitrogens is 1. The minimum atomic E-state index is -0.545. The predicted molar refractivity (Wildman–Crippen MR) is 67.5 cm³/mol. The van der Waals surface area contributed by atoms with Gasteiger partial charge >= 0.3 is 0 Å². The van der Waals surface area contributed by atoms with Crippen LogP contribution in [-0.4, -0.2) is 35.9 Å². The van der Waals surface area contributed by atoms with E-state index in [0.29, 0.717) is 0 Å². The quantitative estimate of drug-likeness (QED) is 0.851. The van der Waals surface area contributed by atoms with E-state index in [2.05, 4.69) is 9.88 Å². The molecule has 0 spiro atoms. The highest BCUT2D eigenvalue weighted by Crippen LogP contribution is 2.29. The van der Waals surface area contributed by atoms with Gasteiger partial charge in [0.05, 0.1) is 12.7 Å². The SMILES string of the molecule is COc1cccnc1N1CCCC(C)(O)CC1. The predicted octanol–water partition coefficient (Wildman–Crippen LogP) is 1.83. The molecule has 0 amide bonds. The zero-order valence-electron chi connectivity index (χ0n) is 10.5. The van der Waals surface area contributed by atoms with Crippen LogP contribution in [0.25, 0.3) is 0 Å². The van der Waals surface area contributed by atoms with Crippen LogP contribution in [0.2, 0.25) is 0 Å². The third-order valence-electron chi connectivity index (χ3n) is 3.33. The van der Waals surface area contributed by atoms with Crippen molar-refractivity contribution in [1.82, 2.24) is 4.98 Å². The molecule has 1 aromatic rings. The van der Waals surface area contributed by atoms with E-state index in [1.807, 2.05) is 19.1 Å². The van der Waals surface area contributed by atoms with Crippen LogP contribution in [0.4, 0.5) is 5.82 Å². The van der Waals surface area contributed by atoms with Crippen molar-refractivity contribution in [2.45, 2.75) is 31.8 Å². The van der Waals surface area contributed by atoms with Gasteiger partial charge in [-0.15, -0.1) is 0 Å². The lowest BCUT2D eigenvalue weighted by atomic mass is 9.98. The summed E-state index contributed by atoms with van der Waals surface area (Å²) in [6.45, 7) is 3.65. The van der Waals surface area contributed by atoms with Gasteiger partial charge in [-0.1, -0.05) is 0 Å². The van der Waals surface area contributed by atoms with Crippen molar-refractivity contribution in [2.75, 3.05) is 25.1 Å². The van der Waals surface area contributed by atoms with Crippen molar-refractivity contribution in [3.63, 3.8) is 0 Å². The van der Waals surface area contributed by atoms with Gasteiger partial charge in [-0.05, 0) is 38.3 Å². The Morgan fingerprint density at radius 1 is 1.41 bits per heavy atom. The van der Waals surface area contributed by atoms with E-state index in [4.69, 9.17) is 4.74 Å². The molecule has 1 aliphatic heterocycles. The molecule has 1 N–H and O–H groups in total. The standard InChI is InChI=1S/C13H20N2O2/c1-13(16)6-4-9-15(10-7-13)12-11(17-2)5-3-8-14-12/h3,5,8,16H,4,6-7,9-10H2,1-2H3. The Kier molecular flexibility index (Phi) is 3.52. The monoisotopic (exact) mass is 236 g/mol. The number of hydrogen-bond acceptors (Lipinski definition) is 4. The average Bonchev–Trinajstić information content (AvgIpc) is 2.50. The van der Waals surface area contributed by atoms with Crippen molar-refractivity contribution in [2.24, 2.45) is 0 Å². The second-order valence-electron chi connectivity index (χ2n) is 4.87. The van der Waals surface area contributed by atoms with Crippen LogP contribution in [-0.2, 0) is 0 Å². The Hall–Kier alpha value is -1.29. The molecule has 0 aliphatic carbocycles. The highest BCUT2D eigenvalue weighted by atomic mass is 16.5. The van der Waals surface area contributed by atoms with Gasteiger partial charge in [0.15, 0.2) is 11.6 Å². The summed E-state index contributed by atoms with van der Waals surface area (Å²) in [6, 6.07) is 3.79. The topological polar surface area (TPSA) is 45.6 Å². The smallest absolute Gasteiger partial charge is 0.171 e. The summed E-state index contributed by atoms with van der Waals surface area (Å²) in [6.07, 6.45) is 4.37. The summed E-state index contributed by atoms with van der Waals surface area (Å²) >= 11 is 0. The van der Waals surface area contributed by atoms with E-state index in [1.165, 1.54) is 0 Å². The molecule has 0 aromatic carbocycles. The van der Waals surface area contributed by atoms with Crippen molar-refractivity contribution in [3.8, 4) is 5.75 Å². The molecule has 17 heavy (non-hydrogen) atoms. The van der Waals surface area contributed by atoms with E-state index in [0.717, 1.165) is 43.9 Å². The number of hydrogen-bond donors (Lipinski definition) is 1. The summed E-state index contributed by atoms with van der Waals surface area (Å²) in [7, 11) is 1.66. The van der Waals surface area contributed by atoms with Gasteiger partial charge < -0.3 is 14.7 Å². The van der Waals surface area contributed by atoms with E-state index in [1.54, 1.807) is 13.3 Å². The summed E-state index contributed by atoms with van der Waals surface area (Å²) in [5, 5.41) is 10.1. The normalized spacial score (nSPS) is 25.5. The number of aliphatic hydroxyl groups is 1. The highest BCUT2D eigenvalue weighted by Gasteiger charge is 2.26. The fourth-order valence-electron chi connectivity index (χ4n) is 2.25. The van der Waals surface area contributed by atoms with Crippen LogP contribution in [0.15, 0.2) is 18.3 Å². The number of rotatable bonds is 2. The zero-order valence-corrected chi connectivity index (χ0v) is 10.5. The summed E-state index contributed by atoms with van der Waals surface area (Å²) in [5.74, 6) is 1.68. The van der Waals surface area contributed by atoms with Crippen LogP contribution < -0.4 is 9.64 Å². The number of ether oxygens (including phenoxy) is 1. The Morgan fingerprint density at radius 3 is 3.00 bits per heavy atom. The second-order valence-corrected chi connectivity index (χ2v) is 4.87. The molecule has 2 rings (SSSR count). The maximum Gasteiger partial charge on any atom is 0.171 e. The molecular formula is C13H20N2O2. The summed E-state index contributed by atoms with van der Waals surface area (Å²) in [4.78, 5) is 6.58. The molecule has 1 atom stereocenters. The lowest BCUT2D eigenvalue weighted by Crippen LogP contribution is -2.29. The van der Waals surface area contributed by atoms with E-state index >= 15 is 0 Å². The zero-order chi connectivity index (χ0) is 12.3. The maximum atomic E-state index is 10.1. The minimum Gasteiger partial charge on any atom is -0.493 e. The fraction of sp³-hybridized carbons (Fsp3) is 0.615. The van der Waals surface area contributed by atoms with Crippen LogP contribution >= 0.6 is 0 Å². The molecule has 0 radical (unpaired) electrons. The van der Waals surface area contributed by atoms with Gasteiger partial charge in [0.25, 0.3) is 0 Å². The van der Waals surface area contributed by atoms with Crippen LogP contribution in [0.1, 0.15) is 26.2 Å². The molecule has 1 aromatic heterocycles. The largest absolute Gasteiger partial charge is 0.493 e. The average molecular weight is 236 g/mol. The van der Waals surface area contributed by atoms with Crippen LogP contribution in [0.5, 0.6) is 5.75 Å². The number of nitrogens with zero attached hydrogens (tertiary/aromatic N) is 2. The van der Waals surface area contributed by atoms with E-state index < -0.39 is 5.60 Å². The van der Waals surface area contributed by atoms with Gasteiger partial charge in [-0.25, -0.2) is 4.98 Å². The molecule has 0 bridgehead atoms. The molecular weight excluding hydrogens is 216 g/mol. The fourth-order valence-corrected chi connectivity index (χ4v) is 2.25. The minimum absolute atomic E-state index is 0.545. The Labute approximate surface area is 102 Å². The summed E-state index contributed by atoms with van der Waals surface area (Å²) in [5.41, 5.74) is -0.545. The number of anilines is 1. The Balaban J connectivity index is 2.17. The van der Waals surface area contributed by atoms with Gasteiger partial charge in [0.2, 0.25) is 0 Å². The molecule has 4 nitrogen and oxygen atoms in total. The Bertz CT molecular complexity index is 379. The first-order chi connectivity index (χ1) is 8.12. The highest BCUT2D eigenvalue weighted by molar-refractivity contribution is 5.52. The summed E-state index contributed by atoms with van der Waals surface area (Å²) < 4.78 is 5.32. The molecule has 1 aliphatic rings. The van der Waals surface area contributed by atoms with Crippen molar-refractivity contribution >= 4 is 5.82 Å². The van der Waals surface area contributed by atoms with E-state index in [-0.39, 0.29) is 0 Å². The van der Waals surface area contributed by atoms with Crippen molar-refractivity contribution in [1.29, 1.82) is 0 Å². The molecule has 94 valence electrons. The lowest BCUT2D eigenvalue weighted by Gasteiger charge is -2.24. The molecule has 2 heterocycles. The molecule has 0 saturated carbocycles. The first kappa shape index (κ1) is 12.2. The van der Waals surface area contributed by atoms with E-state index in [9.17, 15) is 5.11 Å².